The summed E-state index contributed by atoms with van der Waals surface area (Å²) < 4.78 is 46.1. The molecule has 1 N–H and O–H groups in total. The Bertz CT molecular complexity index is 1420. The maximum absolute atomic E-state index is 13.9. The molecular formula is C32H40FN3O5S. The van der Waals surface area contributed by atoms with Gasteiger partial charge in [0.05, 0.1) is 18.6 Å². The number of ether oxygens (including phenoxy) is 1. The van der Waals surface area contributed by atoms with E-state index in [4.69, 9.17) is 4.74 Å². The van der Waals surface area contributed by atoms with Crippen molar-refractivity contribution in [3.8, 4) is 5.75 Å². The molecule has 8 nitrogen and oxygen atoms in total. The van der Waals surface area contributed by atoms with Gasteiger partial charge in [0.15, 0.2) is 0 Å². The molecule has 0 spiro atoms. The SMILES string of the molecule is CCOc1ccccc1N(CCCC(=O)N(Cc1ccc(F)cc1)[C@@H](Cc1ccccc1)C(=O)NC(C)C)S(C)(=O)=O. The first kappa shape index (κ1) is 32.6. The van der Waals surface area contributed by atoms with Crippen molar-refractivity contribution in [1.29, 1.82) is 0 Å². The lowest BCUT2D eigenvalue weighted by Crippen LogP contribution is -2.51. The number of nitrogens with one attached hydrogen (secondary N) is 1. The molecule has 42 heavy (non-hydrogen) atoms. The predicted octanol–water partition coefficient (Wildman–Crippen LogP) is 4.94. The molecular weight excluding hydrogens is 557 g/mol. The zero-order valence-electron chi connectivity index (χ0n) is 24.6. The van der Waals surface area contributed by atoms with Crippen molar-refractivity contribution < 1.29 is 27.1 Å². The van der Waals surface area contributed by atoms with Crippen LogP contribution >= 0.6 is 0 Å². The Morgan fingerprint density at radius 3 is 2.19 bits per heavy atom. The van der Waals surface area contributed by atoms with Crippen LogP contribution in [0.15, 0.2) is 78.9 Å². The van der Waals surface area contributed by atoms with Gasteiger partial charge in [-0.05, 0) is 62.6 Å². The first-order valence-corrected chi connectivity index (χ1v) is 15.9. The van der Waals surface area contributed by atoms with Gasteiger partial charge in [-0.2, -0.15) is 0 Å². The predicted molar refractivity (Wildman–Crippen MR) is 163 cm³/mol. The quantitative estimate of drug-likeness (QED) is 0.268. The summed E-state index contributed by atoms with van der Waals surface area (Å²) >= 11 is 0. The number of benzene rings is 3. The third-order valence-corrected chi connectivity index (χ3v) is 7.73. The number of hydrogen-bond acceptors (Lipinski definition) is 5. The third kappa shape index (κ3) is 9.58. The molecule has 0 unspecified atom stereocenters. The largest absolute Gasteiger partial charge is 0.492 e. The lowest BCUT2D eigenvalue weighted by molar-refractivity contribution is -0.141. The van der Waals surface area contributed by atoms with Gasteiger partial charge in [0.2, 0.25) is 21.8 Å². The fraction of sp³-hybridized carbons (Fsp3) is 0.375. The van der Waals surface area contributed by atoms with Gasteiger partial charge in [-0.3, -0.25) is 13.9 Å². The van der Waals surface area contributed by atoms with E-state index in [-0.39, 0.29) is 50.2 Å². The highest BCUT2D eigenvalue weighted by molar-refractivity contribution is 7.92. The molecule has 0 saturated heterocycles. The fourth-order valence-electron chi connectivity index (χ4n) is 4.64. The van der Waals surface area contributed by atoms with Crippen molar-refractivity contribution in [3.63, 3.8) is 0 Å². The maximum Gasteiger partial charge on any atom is 0.243 e. The number of hydrogen-bond donors (Lipinski definition) is 1. The zero-order chi connectivity index (χ0) is 30.7. The molecule has 0 saturated carbocycles. The van der Waals surface area contributed by atoms with Gasteiger partial charge in [0.25, 0.3) is 0 Å². The summed E-state index contributed by atoms with van der Waals surface area (Å²) in [6, 6.07) is 21.1. The topological polar surface area (TPSA) is 96.0 Å². The summed E-state index contributed by atoms with van der Waals surface area (Å²) in [5.41, 5.74) is 1.95. The molecule has 2 amide bonds. The minimum Gasteiger partial charge on any atom is -0.492 e. The van der Waals surface area contributed by atoms with Crippen LogP contribution in [0.2, 0.25) is 0 Å². The Morgan fingerprint density at radius 1 is 0.929 bits per heavy atom. The van der Waals surface area contributed by atoms with Crippen LogP contribution in [0, 0.1) is 5.82 Å². The molecule has 0 fully saturated rings. The van der Waals surface area contributed by atoms with Crippen LogP contribution in [0.3, 0.4) is 0 Å². The first-order valence-electron chi connectivity index (χ1n) is 14.1. The smallest absolute Gasteiger partial charge is 0.243 e. The van der Waals surface area contributed by atoms with Crippen LogP contribution < -0.4 is 14.4 Å². The second-order valence-electron chi connectivity index (χ2n) is 10.4. The minimum absolute atomic E-state index is 0.00966. The van der Waals surface area contributed by atoms with Gasteiger partial charge in [-0.1, -0.05) is 54.6 Å². The summed E-state index contributed by atoms with van der Waals surface area (Å²) in [5, 5.41) is 2.93. The Labute approximate surface area is 248 Å². The summed E-state index contributed by atoms with van der Waals surface area (Å²) in [6.45, 7) is 6.02. The second-order valence-corrected chi connectivity index (χ2v) is 12.3. The van der Waals surface area contributed by atoms with Crippen molar-refractivity contribution in [1.82, 2.24) is 10.2 Å². The van der Waals surface area contributed by atoms with Crippen LogP contribution in [0.25, 0.3) is 0 Å². The van der Waals surface area contributed by atoms with Crippen LogP contribution in [0.1, 0.15) is 44.7 Å². The first-order chi connectivity index (χ1) is 20.0. The number of amides is 2. The van der Waals surface area contributed by atoms with E-state index in [2.05, 4.69) is 5.32 Å². The van der Waals surface area contributed by atoms with Crippen LogP contribution in [-0.2, 0) is 32.6 Å². The van der Waals surface area contributed by atoms with Gasteiger partial charge in [0.1, 0.15) is 17.6 Å². The number of anilines is 1. The highest BCUT2D eigenvalue weighted by Crippen LogP contribution is 2.30. The van der Waals surface area contributed by atoms with Crippen LogP contribution in [0.5, 0.6) is 5.75 Å². The number of rotatable bonds is 15. The van der Waals surface area contributed by atoms with E-state index in [1.165, 1.54) is 21.3 Å². The van der Waals surface area contributed by atoms with Gasteiger partial charge in [0, 0.05) is 32.0 Å². The average Bonchev–Trinajstić information content (AvgIpc) is 2.94. The fourth-order valence-corrected chi connectivity index (χ4v) is 5.61. The van der Waals surface area contributed by atoms with Crippen molar-refractivity contribution in [3.05, 3.63) is 95.8 Å². The molecule has 3 aromatic carbocycles. The van der Waals surface area contributed by atoms with Crippen molar-refractivity contribution >= 4 is 27.5 Å². The lowest BCUT2D eigenvalue weighted by atomic mass is 10.0. The zero-order valence-corrected chi connectivity index (χ0v) is 25.4. The van der Waals surface area contributed by atoms with Crippen molar-refractivity contribution in [2.24, 2.45) is 0 Å². The van der Waals surface area contributed by atoms with Crippen molar-refractivity contribution in [2.45, 2.75) is 58.7 Å². The summed E-state index contributed by atoms with van der Waals surface area (Å²) in [6.07, 6.45) is 1.59. The minimum atomic E-state index is -3.68. The van der Waals surface area contributed by atoms with Crippen LogP contribution in [0.4, 0.5) is 10.1 Å². The van der Waals surface area contributed by atoms with Gasteiger partial charge >= 0.3 is 0 Å². The highest BCUT2D eigenvalue weighted by Gasteiger charge is 2.31. The molecule has 0 aliphatic carbocycles. The molecule has 0 bridgehead atoms. The van der Waals surface area contributed by atoms with Gasteiger partial charge < -0.3 is 15.0 Å². The molecule has 0 radical (unpaired) electrons. The maximum atomic E-state index is 13.9. The lowest BCUT2D eigenvalue weighted by Gasteiger charge is -2.32. The molecule has 3 aromatic rings. The summed E-state index contributed by atoms with van der Waals surface area (Å²) in [4.78, 5) is 28.8. The van der Waals surface area contributed by atoms with Gasteiger partial charge in [-0.25, -0.2) is 12.8 Å². The normalized spacial score (nSPS) is 12.0. The van der Waals surface area contributed by atoms with E-state index in [0.717, 1.165) is 11.8 Å². The number of para-hydroxylation sites is 2. The number of carbonyl (C=O) groups is 2. The monoisotopic (exact) mass is 597 g/mol. The number of sulfonamides is 1. The molecule has 226 valence electrons. The standard InChI is InChI=1S/C32H40FN3O5S/c1-5-41-30-15-10-9-14-28(30)36(42(4,39)40)21-11-16-31(37)35(23-26-17-19-27(33)20-18-26)29(32(38)34-24(2)3)22-25-12-7-6-8-13-25/h6-10,12-15,17-20,24,29H,5,11,16,21-23H2,1-4H3,(H,34,38)/t29-/m0/s1. The molecule has 10 heteroatoms. The number of halogens is 1. The Morgan fingerprint density at radius 2 is 1.57 bits per heavy atom. The van der Waals surface area contributed by atoms with Gasteiger partial charge in [-0.15, -0.1) is 0 Å². The van der Waals surface area contributed by atoms with E-state index in [1.54, 1.807) is 36.4 Å². The average molecular weight is 598 g/mol. The molecule has 0 heterocycles. The van der Waals surface area contributed by atoms with E-state index >= 15 is 0 Å². The Kier molecular flexibility index (Phi) is 11.9. The number of nitrogens with zero attached hydrogens (tertiary/aromatic N) is 2. The Balaban J connectivity index is 1.89. The Hall–Kier alpha value is -3.92. The summed E-state index contributed by atoms with van der Waals surface area (Å²) in [7, 11) is -3.68. The highest BCUT2D eigenvalue weighted by atomic mass is 32.2. The van der Waals surface area contributed by atoms with E-state index in [9.17, 15) is 22.4 Å². The molecule has 3 rings (SSSR count). The molecule has 1 atom stereocenters. The van der Waals surface area contributed by atoms with E-state index < -0.39 is 21.9 Å². The summed E-state index contributed by atoms with van der Waals surface area (Å²) in [5.74, 6) is -0.579. The van der Waals surface area contributed by atoms with Crippen molar-refractivity contribution in [2.75, 3.05) is 23.7 Å². The molecule has 0 aliphatic heterocycles. The van der Waals surface area contributed by atoms with E-state index in [1.807, 2.05) is 51.1 Å². The molecule has 0 aromatic heterocycles. The van der Waals surface area contributed by atoms with E-state index in [0.29, 0.717) is 23.6 Å². The van der Waals surface area contributed by atoms with Crippen LogP contribution in [-0.4, -0.2) is 56.6 Å². The number of carbonyl (C=O) groups excluding carboxylic acids is 2. The second kappa shape index (κ2) is 15.3. The third-order valence-electron chi connectivity index (χ3n) is 6.55. The molecule has 0 aliphatic rings.